The van der Waals surface area contributed by atoms with Crippen molar-refractivity contribution in [3.05, 3.63) is 18.0 Å². The summed E-state index contributed by atoms with van der Waals surface area (Å²) < 4.78 is 0. The molecule has 0 unspecified atom stereocenters. The van der Waals surface area contributed by atoms with E-state index in [0.29, 0.717) is 6.54 Å². The number of H-pyrrole nitrogens is 1. The van der Waals surface area contributed by atoms with Crippen LogP contribution in [0.25, 0.3) is 0 Å². The molecule has 14 heavy (non-hydrogen) atoms. The number of carbonyl (C=O) groups is 2. The maximum atomic E-state index is 11.1. The molecule has 1 aromatic rings. The van der Waals surface area contributed by atoms with Crippen molar-refractivity contribution < 1.29 is 9.59 Å². The van der Waals surface area contributed by atoms with Crippen LogP contribution in [0.1, 0.15) is 12.5 Å². The van der Waals surface area contributed by atoms with Gasteiger partial charge in [0.2, 0.25) is 11.8 Å². The van der Waals surface area contributed by atoms with E-state index in [2.05, 4.69) is 20.8 Å². The molecule has 1 rings (SSSR count). The van der Waals surface area contributed by atoms with Crippen molar-refractivity contribution in [3.63, 3.8) is 0 Å². The fourth-order valence-corrected chi connectivity index (χ4v) is 0.842. The molecule has 0 fully saturated rings. The standard InChI is InChI=1S/C8H12N4O2/c1-6(13)9-5-8(14)10-2-7-3-11-12-4-7/h3-4H,2,5H2,1H3,(H,9,13)(H,10,14)(H,11,12). The monoisotopic (exact) mass is 196 g/mol. The maximum Gasteiger partial charge on any atom is 0.239 e. The number of aromatic nitrogens is 2. The molecule has 1 heterocycles. The van der Waals surface area contributed by atoms with Gasteiger partial charge in [0.1, 0.15) is 0 Å². The average molecular weight is 196 g/mol. The molecule has 0 radical (unpaired) electrons. The molecule has 0 aromatic carbocycles. The third-order valence-corrected chi connectivity index (χ3v) is 1.54. The van der Waals surface area contributed by atoms with E-state index in [9.17, 15) is 9.59 Å². The summed E-state index contributed by atoms with van der Waals surface area (Å²) in [5, 5.41) is 11.4. The topological polar surface area (TPSA) is 86.9 Å². The van der Waals surface area contributed by atoms with Gasteiger partial charge in [-0.1, -0.05) is 0 Å². The summed E-state index contributed by atoms with van der Waals surface area (Å²) in [6.07, 6.45) is 3.32. The number of carbonyl (C=O) groups excluding carboxylic acids is 2. The SMILES string of the molecule is CC(=O)NCC(=O)NCc1cn[nH]c1. The fourth-order valence-electron chi connectivity index (χ4n) is 0.842. The molecule has 0 bridgehead atoms. The highest BCUT2D eigenvalue weighted by Crippen LogP contribution is 1.90. The van der Waals surface area contributed by atoms with Gasteiger partial charge >= 0.3 is 0 Å². The van der Waals surface area contributed by atoms with Crippen LogP contribution in [0.3, 0.4) is 0 Å². The average Bonchev–Trinajstić information content (AvgIpc) is 2.63. The molecular formula is C8H12N4O2. The van der Waals surface area contributed by atoms with E-state index in [1.54, 1.807) is 12.4 Å². The Hall–Kier alpha value is -1.85. The lowest BCUT2D eigenvalue weighted by atomic mass is 10.3. The van der Waals surface area contributed by atoms with E-state index < -0.39 is 0 Å². The number of nitrogens with one attached hydrogen (secondary N) is 3. The minimum Gasteiger partial charge on any atom is -0.350 e. The highest BCUT2D eigenvalue weighted by atomic mass is 16.2. The van der Waals surface area contributed by atoms with E-state index in [0.717, 1.165) is 5.56 Å². The van der Waals surface area contributed by atoms with Crippen LogP contribution in [0, 0.1) is 0 Å². The third-order valence-electron chi connectivity index (χ3n) is 1.54. The zero-order chi connectivity index (χ0) is 10.4. The molecule has 1 aromatic heterocycles. The van der Waals surface area contributed by atoms with Crippen LogP contribution in [0.5, 0.6) is 0 Å². The number of aromatic amines is 1. The summed E-state index contributed by atoms with van der Waals surface area (Å²) in [6, 6.07) is 0. The van der Waals surface area contributed by atoms with Gasteiger partial charge in [-0.15, -0.1) is 0 Å². The molecule has 3 N–H and O–H groups in total. The molecule has 2 amide bonds. The van der Waals surface area contributed by atoms with E-state index in [1.165, 1.54) is 6.92 Å². The molecule has 0 saturated heterocycles. The Morgan fingerprint density at radius 2 is 2.29 bits per heavy atom. The fraction of sp³-hybridized carbons (Fsp3) is 0.375. The van der Waals surface area contributed by atoms with Gasteiger partial charge in [-0.3, -0.25) is 14.7 Å². The number of rotatable bonds is 4. The summed E-state index contributed by atoms with van der Waals surface area (Å²) in [5.41, 5.74) is 0.890. The lowest BCUT2D eigenvalue weighted by Crippen LogP contribution is -2.35. The molecular weight excluding hydrogens is 184 g/mol. The minimum atomic E-state index is -0.221. The first-order valence-electron chi connectivity index (χ1n) is 4.17. The molecule has 0 spiro atoms. The van der Waals surface area contributed by atoms with Gasteiger partial charge < -0.3 is 10.6 Å². The second-order valence-electron chi connectivity index (χ2n) is 2.79. The summed E-state index contributed by atoms with van der Waals surface area (Å²) in [4.78, 5) is 21.6. The van der Waals surface area contributed by atoms with Crippen LogP contribution < -0.4 is 10.6 Å². The van der Waals surface area contributed by atoms with Crippen molar-refractivity contribution in [2.45, 2.75) is 13.5 Å². The van der Waals surface area contributed by atoms with Crippen LogP contribution in [-0.2, 0) is 16.1 Å². The predicted molar refractivity (Wildman–Crippen MR) is 49.1 cm³/mol. The molecule has 0 aliphatic heterocycles. The Balaban J connectivity index is 2.18. The third kappa shape index (κ3) is 3.70. The Morgan fingerprint density at radius 1 is 1.50 bits per heavy atom. The first-order valence-corrected chi connectivity index (χ1v) is 4.17. The van der Waals surface area contributed by atoms with Crippen LogP contribution in [0.15, 0.2) is 12.4 Å². The van der Waals surface area contributed by atoms with Crippen LogP contribution in [0.2, 0.25) is 0 Å². The van der Waals surface area contributed by atoms with Crippen molar-refractivity contribution in [1.29, 1.82) is 0 Å². The smallest absolute Gasteiger partial charge is 0.239 e. The van der Waals surface area contributed by atoms with Gasteiger partial charge in [0.05, 0.1) is 12.7 Å². The summed E-state index contributed by atoms with van der Waals surface area (Å²) in [6.45, 7) is 1.78. The van der Waals surface area contributed by atoms with Gasteiger partial charge in [0.25, 0.3) is 0 Å². The number of hydrogen-bond donors (Lipinski definition) is 3. The van der Waals surface area contributed by atoms with E-state index in [4.69, 9.17) is 0 Å². The maximum absolute atomic E-state index is 11.1. The summed E-state index contributed by atoms with van der Waals surface area (Å²) in [7, 11) is 0. The minimum absolute atomic E-state index is 0.00713. The normalized spacial score (nSPS) is 9.50. The highest BCUT2D eigenvalue weighted by molar-refractivity contribution is 5.83. The first-order chi connectivity index (χ1) is 6.68. The number of nitrogens with zero attached hydrogens (tertiary/aromatic N) is 1. The lowest BCUT2D eigenvalue weighted by molar-refractivity contribution is -0.125. The Morgan fingerprint density at radius 3 is 2.86 bits per heavy atom. The molecule has 6 heteroatoms. The molecule has 6 nitrogen and oxygen atoms in total. The van der Waals surface area contributed by atoms with Crippen LogP contribution in [0.4, 0.5) is 0 Å². The number of amides is 2. The number of hydrogen-bond acceptors (Lipinski definition) is 3. The molecule has 0 saturated carbocycles. The van der Waals surface area contributed by atoms with Gasteiger partial charge in [-0.05, 0) is 0 Å². The van der Waals surface area contributed by atoms with E-state index in [1.807, 2.05) is 0 Å². The molecule has 0 aliphatic carbocycles. The zero-order valence-corrected chi connectivity index (χ0v) is 7.83. The van der Waals surface area contributed by atoms with Crippen molar-refractivity contribution in [3.8, 4) is 0 Å². The van der Waals surface area contributed by atoms with Crippen molar-refractivity contribution >= 4 is 11.8 Å². The van der Waals surface area contributed by atoms with Crippen molar-refractivity contribution in [1.82, 2.24) is 20.8 Å². The quantitative estimate of drug-likeness (QED) is 0.587. The Labute approximate surface area is 81.1 Å². The predicted octanol–water partition coefficient (Wildman–Crippen LogP) is -0.838. The lowest BCUT2D eigenvalue weighted by Gasteiger charge is -2.03. The second-order valence-corrected chi connectivity index (χ2v) is 2.79. The van der Waals surface area contributed by atoms with Crippen LogP contribution >= 0.6 is 0 Å². The van der Waals surface area contributed by atoms with E-state index in [-0.39, 0.29) is 18.4 Å². The van der Waals surface area contributed by atoms with Crippen LogP contribution in [-0.4, -0.2) is 28.6 Å². The molecule has 0 atom stereocenters. The largest absolute Gasteiger partial charge is 0.350 e. The van der Waals surface area contributed by atoms with Gasteiger partial charge in [-0.2, -0.15) is 5.10 Å². The summed E-state index contributed by atoms with van der Waals surface area (Å²) in [5.74, 6) is -0.440. The van der Waals surface area contributed by atoms with Gasteiger partial charge in [0, 0.05) is 25.2 Å². The highest BCUT2D eigenvalue weighted by Gasteiger charge is 2.01. The van der Waals surface area contributed by atoms with E-state index >= 15 is 0 Å². The second kappa shape index (κ2) is 5.00. The van der Waals surface area contributed by atoms with Gasteiger partial charge in [-0.25, -0.2) is 0 Å². The first kappa shape index (κ1) is 10.2. The molecule has 76 valence electrons. The van der Waals surface area contributed by atoms with Crippen molar-refractivity contribution in [2.24, 2.45) is 0 Å². The van der Waals surface area contributed by atoms with Crippen molar-refractivity contribution in [2.75, 3.05) is 6.54 Å². The summed E-state index contributed by atoms with van der Waals surface area (Å²) >= 11 is 0. The Bertz CT molecular complexity index is 307. The zero-order valence-electron chi connectivity index (χ0n) is 7.83. The van der Waals surface area contributed by atoms with Gasteiger partial charge in [0.15, 0.2) is 0 Å². The molecule has 0 aliphatic rings. The Kier molecular flexibility index (Phi) is 3.66.